The van der Waals surface area contributed by atoms with E-state index in [-0.39, 0.29) is 29.9 Å². The SMILES string of the molecule is CCOC(=O)C1CCN(c2nc3ccccn3c(=O)c2/C=C2\SC(=S)N(Cc3ccccc3Cl)C2=O)CC1. The maximum Gasteiger partial charge on any atom is 0.309 e. The summed E-state index contributed by atoms with van der Waals surface area (Å²) in [5.41, 5.74) is 1.31. The van der Waals surface area contributed by atoms with E-state index in [0.29, 0.717) is 63.8 Å². The Labute approximate surface area is 234 Å². The molecule has 5 rings (SSSR count). The Balaban J connectivity index is 1.49. The number of piperidine rings is 1. The van der Waals surface area contributed by atoms with Gasteiger partial charge < -0.3 is 9.64 Å². The van der Waals surface area contributed by atoms with Gasteiger partial charge in [0, 0.05) is 24.3 Å². The molecule has 2 aliphatic heterocycles. The molecule has 0 bridgehead atoms. The number of benzene rings is 1. The molecule has 196 valence electrons. The summed E-state index contributed by atoms with van der Waals surface area (Å²) >= 11 is 13.0. The largest absolute Gasteiger partial charge is 0.466 e. The Kier molecular flexibility index (Phi) is 7.83. The molecular formula is C27H25ClN4O4S2. The van der Waals surface area contributed by atoms with Gasteiger partial charge in [0.15, 0.2) is 0 Å². The van der Waals surface area contributed by atoms with E-state index in [4.69, 9.17) is 33.5 Å². The summed E-state index contributed by atoms with van der Waals surface area (Å²) in [5.74, 6) is -0.178. The summed E-state index contributed by atoms with van der Waals surface area (Å²) in [5, 5.41) is 0.552. The molecule has 8 nitrogen and oxygen atoms in total. The van der Waals surface area contributed by atoms with Crippen molar-refractivity contribution in [3.8, 4) is 0 Å². The highest BCUT2D eigenvalue weighted by atomic mass is 35.5. The van der Waals surface area contributed by atoms with Crippen molar-refractivity contribution in [3.05, 3.63) is 80.1 Å². The van der Waals surface area contributed by atoms with Gasteiger partial charge in [0.2, 0.25) is 0 Å². The van der Waals surface area contributed by atoms with Gasteiger partial charge in [0.1, 0.15) is 15.8 Å². The van der Waals surface area contributed by atoms with Crippen molar-refractivity contribution in [1.29, 1.82) is 0 Å². The maximum absolute atomic E-state index is 13.6. The molecular weight excluding hydrogens is 544 g/mol. The first-order valence-electron chi connectivity index (χ1n) is 12.3. The van der Waals surface area contributed by atoms with E-state index in [0.717, 1.165) is 17.3 Å². The predicted molar refractivity (Wildman–Crippen MR) is 153 cm³/mol. The van der Waals surface area contributed by atoms with Crippen LogP contribution in [-0.4, -0.2) is 50.2 Å². The van der Waals surface area contributed by atoms with Crippen LogP contribution in [0.25, 0.3) is 11.7 Å². The lowest BCUT2D eigenvalue weighted by Gasteiger charge is -2.32. The molecule has 0 N–H and O–H groups in total. The molecule has 2 fully saturated rings. The Bertz CT molecular complexity index is 1510. The number of rotatable bonds is 6. The molecule has 0 atom stereocenters. The van der Waals surface area contributed by atoms with Gasteiger partial charge in [-0.3, -0.25) is 23.7 Å². The number of amides is 1. The van der Waals surface area contributed by atoms with Crippen molar-refractivity contribution < 1.29 is 14.3 Å². The Morgan fingerprint density at radius 1 is 1.18 bits per heavy atom. The Morgan fingerprint density at radius 2 is 1.92 bits per heavy atom. The molecule has 0 aliphatic carbocycles. The van der Waals surface area contributed by atoms with Crippen LogP contribution in [-0.2, 0) is 20.9 Å². The molecule has 2 aliphatic rings. The minimum absolute atomic E-state index is 0.183. The first-order valence-corrected chi connectivity index (χ1v) is 13.9. The highest BCUT2D eigenvalue weighted by molar-refractivity contribution is 8.26. The average Bonchev–Trinajstić information content (AvgIpc) is 3.19. The summed E-state index contributed by atoms with van der Waals surface area (Å²) in [6.07, 6.45) is 4.43. The lowest BCUT2D eigenvalue weighted by Crippen LogP contribution is -2.39. The molecule has 1 aromatic carbocycles. The normalized spacial score (nSPS) is 17.6. The number of hydrogen-bond donors (Lipinski definition) is 0. The molecule has 0 radical (unpaired) electrons. The van der Waals surface area contributed by atoms with Gasteiger partial charge >= 0.3 is 5.97 Å². The van der Waals surface area contributed by atoms with E-state index >= 15 is 0 Å². The fourth-order valence-electron chi connectivity index (χ4n) is 4.61. The van der Waals surface area contributed by atoms with Crippen LogP contribution in [0.4, 0.5) is 5.82 Å². The van der Waals surface area contributed by atoms with Crippen molar-refractivity contribution in [1.82, 2.24) is 14.3 Å². The topological polar surface area (TPSA) is 84.2 Å². The fourth-order valence-corrected chi connectivity index (χ4v) is 6.04. The van der Waals surface area contributed by atoms with E-state index in [2.05, 4.69) is 0 Å². The minimum Gasteiger partial charge on any atom is -0.466 e. The van der Waals surface area contributed by atoms with E-state index in [1.165, 1.54) is 9.30 Å². The van der Waals surface area contributed by atoms with Crippen molar-refractivity contribution in [3.63, 3.8) is 0 Å². The molecule has 0 unspecified atom stereocenters. The van der Waals surface area contributed by atoms with Gasteiger partial charge in [-0.25, -0.2) is 4.98 Å². The van der Waals surface area contributed by atoms with Crippen LogP contribution < -0.4 is 10.5 Å². The number of thiocarbonyl (C=S) groups is 1. The minimum atomic E-state index is -0.288. The third kappa shape index (κ3) is 5.21. The second kappa shape index (κ2) is 11.3. The van der Waals surface area contributed by atoms with Gasteiger partial charge in [0.25, 0.3) is 11.5 Å². The number of halogens is 1. The lowest BCUT2D eigenvalue weighted by atomic mass is 9.96. The number of thioether (sulfide) groups is 1. The summed E-state index contributed by atoms with van der Waals surface area (Å²) in [6.45, 7) is 3.45. The second-order valence-electron chi connectivity index (χ2n) is 8.96. The zero-order valence-corrected chi connectivity index (χ0v) is 23.0. The third-order valence-electron chi connectivity index (χ3n) is 6.60. The van der Waals surface area contributed by atoms with Crippen molar-refractivity contribution >= 4 is 69.3 Å². The van der Waals surface area contributed by atoms with E-state index in [9.17, 15) is 14.4 Å². The van der Waals surface area contributed by atoms with Crippen LogP contribution in [0, 0.1) is 5.92 Å². The first kappa shape index (κ1) is 26.4. The smallest absolute Gasteiger partial charge is 0.309 e. The predicted octanol–water partition coefficient (Wildman–Crippen LogP) is 4.53. The second-order valence-corrected chi connectivity index (χ2v) is 11.0. The number of esters is 1. The highest BCUT2D eigenvalue weighted by Gasteiger charge is 2.34. The maximum atomic E-state index is 13.6. The molecule has 0 spiro atoms. The van der Waals surface area contributed by atoms with Crippen molar-refractivity contribution in [2.75, 3.05) is 24.6 Å². The standard InChI is InChI=1S/C27H25ClN4O4S2/c1-2-36-26(35)17-10-13-30(14-11-17)23-19(24(33)31-12-6-5-9-22(31)29-23)15-21-25(34)32(27(37)38-21)16-18-7-3-4-8-20(18)28/h3-9,12,15,17H,2,10-11,13-14,16H2,1H3/b21-15-. The van der Waals surface area contributed by atoms with Crippen LogP contribution in [0.1, 0.15) is 30.9 Å². The number of ether oxygens (including phenoxy) is 1. The van der Waals surface area contributed by atoms with Crippen LogP contribution in [0.2, 0.25) is 5.02 Å². The van der Waals surface area contributed by atoms with Gasteiger partial charge in [-0.05, 0) is 49.6 Å². The number of nitrogens with zero attached hydrogens (tertiary/aromatic N) is 4. The quantitative estimate of drug-likeness (QED) is 0.244. The molecule has 0 saturated carbocycles. The van der Waals surface area contributed by atoms with Crippen molar-refractivity contribution in [2.24, 2.45) is 5.92 Å². The number of fused-ring (bicyclic) bond motifs is 1. The molecule has 2 saturated heterocycles. The first-order chi connectivity index (χ1) is 18.4. The summed E-state index contributed by atoms with van der Waals surface area (Å²) in [4.78, 5) is 47.9. The zero-order chi connectivity index (χ0) is 26.8. The lowest BCUT2D eigenvalue weighted by molar-refractivity contribution is -0.148. The van der Waals surface area contributed by atoms with E-state index in [1.807, 2.05) is 29.2 Å². The Morgan fingerprint density at radius 3 is 2.66 bits per heavy atom. The zero-order valence-electron chi connectivity index (χ0n) is 20.6. The number of hydrogen-bond acceptors (Lipinski definition) is 8. The molecule has 38 heavy (non-hydrogen) atoms. The summed E-state index contributed by atoms with van der Waals surface area (Å²) in [6, 6.07) is 12.6. The molecule has 2 aromatic heterocycles. The van der Waals surface area contributed by atoms with Gasteiger partial charge in [-0.2, -0.15) is 0 Å². The molecule has 4 heterocycles. The monoisotopic (exact) mass is 568 g/mol. The average molecular weight is 569 g/mol. The van der Waals surface area contributed by atoms with Crippen LogP contribution in [0.15, 0.2) is 58.4 Å². The van der Waals surface area contributed by atoms with Gasteiger partial charge in [-0.15, -0.1) is 0 Å². The fraction of sp³-hybridized carbons (Fsp3) is 0.296. The number of aromatic nitrogens is 2. The number of anilines is 1. The molecule has 1 amide bonds. The highest BCUT2D eigenvalue weighted by Crippen LogP contribution is 2.35. The van der Waals surface area contributed by atoms with Crippen LogP contribution >= 0.6 is 35.6 Å². The van der Waals surface area contributed by atoms with Crippen LogP contribution in [0.5, 0.6) is 0 Å². The summed E-state index contributed by atoms with van der Waals surface area (Å²) in [7, 11) is 0. The summed E-state index contributed by atoms with van der Waals surface area (Å²) < 4.78 is 7.05. The van der Waals surface area contributed by atoms with Crippen molar-refractivity contribution in [2.45, 2.75) is 26.3 Å². The van der Waals surface area contributed by atoms with Gasteiger partial charge in [0.05, 0.1) is 29.5 Å². The number of pyridine rings is 1. The number of carbonyl (C=O) groups excluding carboxylic acids is 2. The van der Waals surface area contributed by atoms with E-state index < -0.39 is 0 Å². The molecule has 11 heteroatoms. The molecule has 3 aromatic rings. The van der Waals surface area contributed by atoms with E-state index in [1.54, 1.807) is 37.4 Å². The Hall–Kier alpha value is -3.21. The number of carbonyl (C=O) groups is 2. The van der Waals surface area contributed by atoms with Gasteiger partial charge in [-0.1, -0.05) is 59.8 Å². The van der Waals surface area contributed by atoms with Crippen LogP contribution in [0.3, 0.4) is 0 Å². The third-order valence-corrected chi connectivity index (χ3v) is 8.35.